The molecule has 196 valence electrons. The zero-order valence-electron chi connectivity index (χ0n) is 21.2. The maximum atomic E-state index is 12.8. The van der Waals surface area contributed by atoms with E-state index in [1.165, 1.54) is 17.2 Å². The van der Waals surface area contributed by atoms with Gasteiger partial charge in [-0.2, -0.15) is 0 Å². The summed E-state index contributed by atoms with van der Waals surface area (Å²) in [7, 11) is 3.01. The number of hydrogen-bond acceptors (Lipinski definition) is 6. The van der Waals surface area contributed by atoms with E-state index in [9.17, 15) is 19.2 Å². The lowest BCUT2D eigenvalue weighted by atomic mass is 9.99. The molecular weight excluding hydrogens is 476 g/mol. The smallest absolute Gasteiger partial charge is 0.410 e. The van der Waals surface area contributed by atoms with Crippen molar-refractivity contribution in [2.75, 3.05) is 19.7 Å². The highest BCUT2D eigenvalue weighted by Gasteiger charge is 2.39. The van der Waals surface area contributed by atoms with Gasteiger partial charge in [0.05, 0.1) is 6.04 Å². The fourth-order valence-electron chi connectivity index (χ4n) is 5.41. The Morgan fingerprint density at radius 3 is 2.54 bits per heavy atom. The zero-order valence-corrected chi connectivity index (χ0v) is 21.2. The maximum Gasteiger partial charge on any atom is 0.410 e. The number of imidazole rings is 1. The summed E-state index contributed by atoms with van der Waals surface area (Å²) in [5, 5.41) is 0. The molecule has 0 bridgehead atoms. The number of piperidine rings is 1. The van der Waals surface area contributed by atoms with Crippen molar-refractivity contribution in [3.8, 4) is 0 Å². The second-order valence-corrected chi connectivity index (χ2v) is 9.88. The van der Waals surface area contributed by atoms with Crippen LogP contribution < -0.4 is 11.2 Å². The third kappa shape index (κ3) is 4.90. The van der Waals surface area contributed by atoms with Crippen molar-refractivity contribution in [1.29, 1.82) is 0 Å². The van der Waals surface area contributed by atoms with Gasteiger partial charge in [0.1, 0.15) is 17.9 Å². The van der Waals surface area contributed by atoms with Crippen LogP contribution in [0.1, 0.15) is 37.1 Å². The lowest BCUT2D eigenvalue weighted by Crippen LogP contribution is -2.50. The first kappa shape index (κ1) is 24.8. The van der Waals surface area contributed by atoms with Gasteiger partial charge in [0, 0.05) is 46.1 Å². The van der Waals surface area contributed by atoms with E-state index in [0.29, 0.717) is 55.9 Å². The van der Waals surface area contributed by atoms with Gasteiger partial charge in [-0.25, -0.2) is 14.6 Å². The van der Waals surface area contributed by atoms with Crippen LogP contribution >= 0.6 is 0 Å². The SMILES string of the molecule is Cn1c(=O)c2[nH]c(CCCC(=O)N3CCC(N4C(=O)OCC4Cc4ccccc4)CC3)nc2n(C)c1=O. The van der Waals surface area contributed by atoms with E-state index >= 15 is 0 Å². The number of benzene rings is 1. The largest absolute Gasteiger partial charge is 0.447 e. The number of ether oxygens (including phenoxy) is 1. The van der Waals surface area contributed by atoms with E-state index in [-0.39, 0.29) is 24.1 Å². The first-order valence-electron chi connectivity index (χ1n) is 12.7. The van der Waals surface area contributed by atoms with Crippen LogP contribution in [0.25, 0.3) is 11.2 Å². The van der Waals surface area contributed by atoms with Gasteiger partial charge in [0.25, 0.3) is 5.56 Å². The lowest BCUT2D eigenvalue weighted by molar-refractivity contribution is -0.132. The first-order valence-corrected chi connectivity index (χ1v) is 12.7. The van der Waals surface area contributed by atoms with Gasteiger partial charge < -0.3 is 14.6 Å². The third-order valence-electron chi connectivity index (χ3n) is 7.48. The molecule has 2 aliphatic heterocycles. The molecule has 37 heavy (non-hydrogen) atoms. The van der Waals surface area contributed by atoms with Crippen molar-refractivity contribution in [2.45, 2.75) is 50.6 Å². The molecule has 0 aliphatic carbocycles. The first-order chi connectivity index (χ1) is 17.8. The number of nitrogens with zero attached hydrogens (tertiary/aromatic N) is 5. The molecule has 2 saturated heterocycles. The number of aromatic amines is 1. The van der Waals surface area contributed by atoms with Crippen molar-refractivity contribution < 1.29 is 14.3 Å². The van der Waals surface area contributed by atoms with Gasteiger partial charge in [0.2, 0.25) is 5.91 Å². The number of cyclic esters (lactones) is 1. The number of carbonyl (C=O) groups excluding carboxylic acids is 2. The van der Waals surface area contributed by atoms with Crippen molar-refractivity contribution in [3.63, 3.8) is 0 Å². The predicted octanol–water partition coefficient (Wildman–Crippen LogP) is 1.34. The van der Waals surface area contributed by atoms with Crippen LogP contribution in [0, 0.1) is 0 Å². The molecule has 2 aliphatic rings. The Labute approximate surface area is 213 Å². The molecule has 3 aromatic rings. The second kappa shape index (κ2) is 10.2. The number of aryl methyl sites for hydroxylation is 2. The molecule has 4 heterocycles. The van der Waals surface area contributed by atoms with Gasteiger partial charge in [0.15, 0.2) is 5.65 Å². The molecule has 1 atom stereocenters. The summed E-state index contributed by atoms with van der Waals surface area (Å²) in [4.78, 5) is 60.9. The molecule has 11 heteroatoms. The van der Waals surface area contributed by atoms with E-state index in [0.717, 1.165) is 23.8 Å². The van der Waals surface area contributed by atoms with Crippen molar-refractivity contribution >= 4 is 23.2 Å². The van der Waals surface area contributed by atoms with Crippen LogP contribution in [0.3, 0.4) is 0 Å². The molecule has 0 saturated carbocycles. The third-order valence-corrected chi connectivity index (χ3v) is 7.48. The van der Waals surface area contributed by atoms with Crippen molar-refractivity contribution in [3.05, 3.63) is 62.6 Å². The molecule has 1 unspecified atom stereocenters. The monoisotopic (exact) mass is 508 g/mol. The molecule has 2 fully saturated rings. The molecule has 0 spiro atoms. The van der Waals surface area contributed by atoms with Crippen LogP contribution in [-0.2, 0) is 36.5 Å². The number of carbonyl (C=O) groups is 2. The van der Waals surface area contributed by atoms with Crippen LogP contribution in [0.4, 0.5) is 4.79 Å². The molecule has 0 radical (unpaired) electrons. The fourth-order valence-corrected chi connectivity index (χ4v) is 5.41. The predicted molar refractivity (Wildman–Crippen MR) is 136 cm³/mol. The minimum absolute atomic E-state index is 0.0160. The number of aromatic nitrogens is 4. The summed E-state index contributed by atoms with van der Waals surface area (Å²) in [5.74, 6) is 0.652. The summed E-state index contributed by atoms with van der Waals surface area (Å²) in [6.07, 6.45) is 3.39. The lowest BCUT2D eigenvalue weighted by Gasteiger charge is -2.38. The van der Waals surface area contributed by atoms with E-state index < -0.39 is 11.2 Å². The van der Waals surface area contributed by atoms with Crippen LogP contribution in [-0.4, -0.2) is 72.7 Å². The molecular formula is C26H32N6O5. The highest BCUT2D eigenvalue weighted by atomic mass is 16.6. The Balaban J connectivity index is 1.13. The van der Waals surface area contributed by atoms with E-state index in [2.05, 4.69) is 22.1 Å². The summed E-state index contributed by atoms with van der Waals surface area (Å²) in [6.45, 7) is 1.61. The number of amides is 2. The van der Waals surface area contributed by atoms with Gasteiger partial charge in [-0.1, -0.05) is 30.3 Å². The topological polar surface area (TPSA) is 123 Å². The quantitative estimate of drug-likeness (QED) is 0.514. The minimum atomic E-state index is -0.428. The molecule has 5 rings (SSSR count). The Morgan fingerprint density at radius 1 is 1.08 bits per heavy atom. The second-order valence-electron chi connectivity index (χ2n) is 9.88. The minimum Gasteiger partial charge on any atom is -0.447 e. The standard InChI is InChI=1S/C26H32N6O5/c1-29-23-22(24(34)30(2)25(29)35)27-20(28-23)9-6-10-21(33)31-13-11-18(12-14-31)32-19(16-37-26(32)36)15-17-7-4-3-5-8-17/h3-5,7-8,18-19H,6,9-16H2,1-2H3,(H,27,28). The van der Waals surface area contributed by atoms with Gasteiger partial charge >= 0.3 is 11.8 Å². The van der Waals surface area contributed by atoms with Gasteiger partial charge in [-0.15, -0.1) is 0 Å². The van der Waals surface area contributed by atoms with Crippen LogP contribution in [0.5, 0.6) is 0 Å². The summed E-state index contributed by atoms with van der Waals surface area (Å²) < 4.78 is 7.77. The Morgan fingerprint density at radius 2 is 1.81 bits per heavy atom. The van der Waals surface area contributed by atoms with E-state index in [1.807, 2.05) is 28.0 Å². The Bertz CT molecular complexity index is 1420. The molecule has 11 nitrogen and oxygen atoms in total. The zero-order chi connectivity index (χ0) is 26.1. The van der Waals surface area contributed by atoms with Crippen LogP contribution in [0.2, 0.25) is 0 Å². The van der Waals surface area contributed by atoms with Crippen molar-refractivity contribution in [1.82, 2.24) is 28.9 Å². The number of nitrogens with one attached hydrogen (secondary N) is 1. The van der Waals surface area contributed by atoms with E-state index in [4.69, 9.17) is 4.74 Å². The fraction of sp³-hybridized carbons (Fsp3) is 0.500. The highest BCUT2D eigenvalue weighted by Crippen LogP contribution is 2.26. The van der Waals surface area contributed by atoms with Gasteiger partial charge in [-0.3, -0.25) is 23.6 Å². The molecule has 1 N–H and O–H groups in total. The summed E-state index contributed by atoms with van der Waals surface area (Å²) >= 11 is 0. The molecule has 2 aromatic heterocycles. The average Bonchev–Trinajstić information content (AvgIpc) is 3.50. The summed E-state index contributed by atoms with van der Waals surface area (Å²) in [6, 6.07) is 10.2. The Kier molecular flexibility index (Phi) is 6.86. The van der Waals surface area contributed by atoms with Crippen molar-refractivity contribution in [2.24, 2.45) is 14.1 Å². The average molecular weight is 509 g/mol. The number of hydrogen-bond donors (Lipinski definition) is 1. The maximum absolute atomic E-state index is 12.8. The normalized spacial score (nSPS) is 18.5. The van der Waals surface area contributed by atoms with Gasteiger partial charge in [-0.05, 0) is 31.2 Å². The Hall–Kier alpha value is -3.89. The number of fused-ring (bicyclic) bond motifs is 1. The molecule has 2 amide bonds. The van der Waals surface area contributed by atoms with E-state index in [1.54, 1.807) is 7.05 Å². The highest BCUT2D eigenvalue weighted by molar-refractivity contribution is 5.76. The van der Waals surface area contributed by atoms with Crippen LogP contribution in [0.15, 0.2) is 39.9 Å². The number of rotatable bonds is 7. The number of H-pyrrole nitrogens is 1. The number of likely N-dealkylation sites (tertiary alicyclic amines) is 1. The summed E-state index contributed by atoms with van der Waals surface area (Å²) in [5.41, 5.74) is 0.948. The molecule has 1 aromatic carbocycles.